The number of hydrogen-bond donors (Lipinski definition) is 1. The molecule has 9 heteroatoms. The van der Waals surface area contributed by atoms with Crippen LogP contribution < -0.4 is 15.1 Å². The lowest BCUT2D eigenvalue weighted by molar-refractivity contribution is -0.243. The van der Waals surface area contributed by atoms with Crippen molar-refractivity contribution in [3.05, 3.63) is 24.3 Å². The van der Waals surface area contributed by atoms with Gasteiger partial charge in [0.05, 0.1) is 5.88 Å². The molecule has 1 N–H and O–H groups in total. The van der Waals surface area contributed by atoms with Crippen molar-refractivity contribution in [1.82, 2.24) is 5.32 Å². The number of rotatable bonds is 3. The van der Waals surface area contributed by atoms with Crippen molar-refractivity contribution in [2.24, 2.45) is 0 Å². The minimum atomic E-state index is -1.11. The molecule has 114 valence electrons. The molecule has 21 heavy (non-hydrogen) atoms. The standard InChI is InChI=1S/C12H13ClN2O6/c1-18-12-20-9-5-3-2-4-8(9)15(21-12)10(16)14-11(17)19-7-6-13/h2-5,12H,6-7H2,1H3,(H,14,16,17). The number of hydroxylamine groups is 1. The highest BCUT2D eigenvalue weighted by atomic mass is 35.5. The van der Waals surface area contributed by atoms with Crippen LogP contribution in [-0.2, 0) is 14.3 Å². The molecule has 0 aromatic heterocycles. The van der Waals surface area contributed by atoms with Gasteiger partial charge in [0, 0.05) is 7.11 Å². The Morgan fingerprint density at radius 3 is 2.90 bits per heavy atom. The number of anilines is 1. The summed E-state index contributed by atoms with van der Waals surface area (Å²) < 4.78 is 14.9. The zero-order valence-electron chi connectivity index (χ0n) is 11.1. The van der Waals surface area contributed by atoms with Gasteiger partial charge in [-0.05, 0) is 12.1 Å². The van der Waals surface area contributed by atoms with E-state index in [-0.39, 0.29) is 12.5 Å². The van der Waals surface area contributed by atoms with E-state index in [4.69, 9.17) is 25.9 Å². The Kier molecular flexibility index (Phi) is 5.20. The van der Waals surface area contributed by atoms with Gasteiger partial charge in [-0.3, -0.25) is 0 Å². The van der Waals surface area contributed by atoms with Crippen LogP contribution in [0.3, 0.4) is 0 Å². The zero-order chi connectivity index (χ0) is 15.2. The summed E-state index contributed by atoms with van der Waals surface area (Å²) in [6.45, 7) is -1.12. The van der Waals surface area contributed by atoms with E-state index in [0.717, 1.165) is 5.06 Å². The molecule has 1 atom stereocenters. The normalized spacial score (nSPS) is 16.7. The summed E-state index contributed by atoms with van der Waals surface area (Å²) in [4.78, 5) is 28.6. The molecule has 1 aliphatic heterocycles. The maximum Gasteiger partial charge on any atom is 0.415 e. The monoisotopic (exact) mass is 316 g/mol. The van der Waals surface area contributed by atoms with E-state index in [9.17, 15) is 9.59 Å². The lowest BCUT2D eigenvalue weighted by Gasteiger charge is -2.32. The van der Waals surface area contributed by atoms with Crippen LogP contribution >= 0.6 is 11.6 Å². The Bertz CT molecular complexity index is 526. The van der Waals surface area contributed by atoms with E-state index >= 15 is 0 Å². The third kappa shape index (κ3) is 3.75. The topological polar surface area (TPSA) is 86.3 Å². The third-order valence-electron chi connectivity index (χ3n) is 2.39. The number of fused-ring (bicyclic) bond motifs is 1. The Balaban J connectivity index is 2.10. The number of halogens is 1. The number of amides is 3. The number of carbonyl (C=O) groups excluding carboxylic acids is 2. The first-order valence-electron chi connectivity index (χ1n) is 5.94. The molecular formula is C12H13ClN2O6. The second-order valence-electron chi connectivity index (χ2n) is 3.76. The molecule has 1 aromatic rings. The Labute approximate surface area is 125 Å². The predicted molar refractivity (Wildman–Crippen MR) is 72.0 cm³/mol. The van der Waals surface area contributed by atoms with Gasteiger partial charge in [-0.25, -0.2) is 14.9 Å². The molecule has 0 spiro atoms. The van der Waals surface area contributed by atoms with Gasteiger partial charge >= 0.3 is 18.6 Å². The van der Waals surface area contributed by atoms with Crippen molar-refractivity contribution >= 4 is 29.4 Å². The number of para-hydroxylation sites is 2. The number of benzene rings is 1. The fourth-order valence-electron chi connectivity index (χ4n) is 1.55. The fourth-order valence-corrected chi connectivity index (χ4v) is 1.62. The van der Waals surface area contributed by atoms with Gasteiger partial charge in [-0.1, -0.05) is 12.1 Å². The largest absolute Gasteiger partial charge is 0.448 e. The van der Waals surface area contributed by atoms with E-state index in [1.807, 2.05) is 5.32 Å². The molecule has 0 aliphatic carbocycles. The number of methoxy groups -OCH3 is 1. The van der Waals surface area contributed by atoms with Crippen molar-refractivity contribution in [2.45, 2.75) is 6.48 Å². The second kappa shape index (κ2) is 7.11. The van der Waals surface area contributed by atoms with Gasteiger partial charge in [-0.15, -0.1) is 11.6 Å². The maximum atomic E-state index is 12.0. The number of ether oxygens (including phenoxy) is 3. The van der Waals surface area contributed by atoms with Crippen LogP contribution in [0.25, 0.3) is 0 Å². The summed E-state index contributed by atoms with van der Waals surface area (Å²) in [5.74, 6) is 0.504. The van der Waals surface area contributed by atoms with Gasteiger partial charge in [0.2, 0.25) is 0 Å². The number of alkyl carbamates (subject to hydrolysis) is 1. The average Bonchev–Trinajstić information content (AvgIpc) is 2.51. The number of nitrogens with zero attached hydrogens (tertiary/aromatic N) is 1. The van der Waals surface area contributed by atoms with Gasteiger partial charge in [0.25, 0.3) is 0 Å². The van der Waals surface area contributed by atoms with Gasteiger partial charge < -0.3 is 14.2 Å². The van der Waals surface area contributed by atoms with Gasteiger partial charge in [0.15, 0.2) is 5.75 Å². The third-order valence-corrected chi connectivity index (χ3v) is 2.55. The molecule has 2 rings (SSSR count). The molecule has 0 fully saturated rings. The van der Waals surface area contributed by atoms with Crippen molar-refractivity contribution < 1.29 is 28.6 Å². The summed E-state index contributed by atoms with van der Waals surface area (Å²) >= 11 is 5.38. The first-order valence-corrected chi connectivity index (χ1v) is 6.48. The van der Waals surface area contributed by atoms with Crippen LogP contribution in [0.4, 0.5) is 15.3 Å². The SMILES string of the molecule is COC1Oc2ccccc2N(C(=O)NC(=O)OCCCl)O1. The Morgan fingerprint density at radius 2 is 2.19 bits per heavy atom. The fraction of sp³-hybridized carbons (Fsp3) is 0.333. The van der Waals surface area contributed by atoms with Crippen LogP contribution in [-0.4, -0.2) is 38.2 Å². The minimum Gasteiger partial charge on any atom is -0.448 e. The van der Waals surface area contributed by atoms with E-state index in [2.05, 4.69) is 4.74 Å². The van der Waals surface area contributed by atoms with Crippen LogP contribution in [0.15, 0.2) is 24.3 Å². The minimum absolute atomic E-state index is 0.0120. The highest BCUT2D eigenvalue weighted by Gasteiger charge is 2.32. The number of carbonyl (C=O) groups is 2. The summed E-state index contributed by atoms with van der Waals surface area (Å²) in [6.07, 6.45) is -0.929. The second-order valence-corrected chi connectivity index (χ2v) is 4.14. The Morgan fingerprint density at radius 1 is 1.43 bits per heavy atom. The van der Waals surface area contributed by atoms with Gasteiger partial charge in [0.1, 0.15) is 12.3 Å². The molecular weight excluding hydrogens is 304 g/mol. The summed E-state index contributed by atoms with van der Waals surface area (Å²) in [6, 6.07) is 5.79. The lowest BCUT2D eigenvalue weighted by Crippen LogP contribution is -2.48. The number of imide groups is 1. The first-order chi connectivity index (χ1) is 10.2. The smallest absolute Gasteiger partial charge is 0.415 e. The van der Waals surface area contributed by atoms with Crippen molar-refractivity contribution in [3.63, 3.8) is 0 Å². The van der Waals surface area contributed by atoms with E-state index in [1.165, 1.54) is 7.11 Å². The number of nitrogens with one attached hydrogen (secondary N) is 1. The summed E-state index contributed by atoms with van der Waals surface area (Å²) in [5.41, 5.74) is 0.327. The van der Waals surface area contributed by atoms with Crippen LogP contribution in [0.1, 0.15) is 0 Å². The van der Waals surface area contributed by atoms with E-state index < -0.39 is 18.6 Å². The quantitative estimate of drug-likeness (QED) is 0.856. The molecule has 8 nitrogen and oxygen atoms in total. The molecule has 0 bridgehead atoms. The molecule has 1 heterocycles. The van der Waals surface area contributed by atoms with Crippen molar-refractivity contribution in [1.29, 1.82) is 0 Å². The maximum absolute atomic E-state index is 12.0. The summed E-state index contributed by atoms with van der Waals surface area (Å²) in [5, 5.41) is 2.86. The van der Waals surface area contributed by atoms with E-state index in [1.54, 1.807) is 24.3 Å². The Hall–Kier alpha value is -2.03. The molecule has 0 saturated carbocycles. The van der Waals surface area contributed by atoms with E-state index in [0.29, 0.717) is 11.4 Å². The summed E-state index contributed by atoms with van der Waals surface area (Å²) in [7, 11) is 1.35. The highest BCUT2D eigenvalue weighted by Crippen LogP contribution is 2.33. The molecule has 1 aromatic carbocycles. The van der Waals surface area contributed by atoms with Crippen LogP contribution in [0.5, 0.6) is 5.75 Å². The number of hydrogen-bond acceptors (Lipinski definition) is 6. The lowest BCUT2D eigenvalue weighted by atomic mass is 10.3. The molecule has 0 saturated heterocycles. The number of alkyl halides is 1. The highest BCUT2D eigenvalue weighted by molar-refractivity contribution is 6.18. The molecule has 0 radical (unpaired) electrons. The number of urea groups is 1. The van der Waals surface area contributed by atoms with Crippen LogP contribution in [0, 0.1) is 0 Å². The molecule has 1 unspecified atom stereocenters. The molecule has 1 aliphatic rings. The first kappa shape index (κ1) is 15.4. The molecule has 3 amide bonds. The average molecular weight is 317 g/mol. The zero-order valence-corrected chi connectivity index (χ0v) is 11.8. The van der Waals surface area contributed by atoms with Gasteiger partial charge in [-0.2, -0.15) is 9.90 Å². The van der Waals surface area contributed by atoms with Crippen molar-refractivity contribution in [3.8, 4) is 5.75 Å². The predicted octanol–water partition coefficient (Wildman–Crippen LogP) is 1.83. The van der Waals surface area contributed by atoms with Crippen LogP contribution in [0.2, 0.25) is 0 Å². The van der Waals surface area contributed by atoms with Crippen molar-refractivity contribution in [2.75, 3.05) is 24.7 Å².